The van der Waals surface area contributed by atoms with E-state index >= 15 is 0 Å². The van der Waals surface area contributed by atoms with Crippen LogP contribution in [0.3, 0.4) is 0 Å². The number of aryl methyl sites for hydroxylation is 1. The lowest BCUT2D eigenvalue weighted by atomic mass is 10.00. The number of amides is 2. The van der Waals surface area contributed by atoms with E-state index in [1.165, 1.54) is 0 Å². The van der Waals surface area contributed by atoms with Crippen LogP contribution in [-0.2, 0) is 9.59 Å². The molecular weight excluding hydrogens is 470 g/mol. The van der Waals surface area contributed by atoms with Gasteiger partial charge >= 0.3 is 0 Å². The van der Waals surface area contributed by atoms with E-state index in [-0.39, 0.29) is 37.9 Å². The van der Waals surface area contributed by atoms with Crippen LogP contribution in [0.2, 0.25) is 5.02 Å². The Bertz CT molecular complexity index is 1270. The number of carbonyl (C=O) groups excluding carboxylic acids is 2. The van der Waals surface area contributed by atoms with E-state index < -0.39 is 6.04 Å². The number of hydrogen-bond acceptors (Lipinski definition) is 7. The number of halogens is 1. The van der Waals surface area contributed by atoms with E-state index in [9.17, 15) is 9.59 Å². The molecule has 0 saturated heterocycles. The molecule has 1 aromatic heterocycles. The minimum Gasteiger partial charge on any atom is -0.497 e. The molecule has 4 N–H and O–H groups in total. The van der Waals surface area contributed by atoms with Crippen LogP contribution in [0.25, 0.3) is 5.69 Å². The zero-order chi connectivity index (χ0) is 24.9. The van der Waals surface area contributed by atoms with E-state index in [0.29, 0.717) is 28.1 Å². The van der Waals surface area contributed by atoms with Crippen molar-refractivity contribution >= 4 is 29.1 Å². The minimum absolute atomic E-state index is 0.0468. The van der Waals surface area contributed by atoms with Crippen molar-refractivity contribution in [3.63, 3.8) is 0 Å². The maximum atomic E-state index is 12.8. The molecule has 3 aromatic rings. The number of nitrogens with two attached hydrogens (primary N) is 1. The third-order valence-electron chi connectivity index (χ3n) is 5.58. The van der Waals surface area contributed by atoms with Gasteiger partial charge in [0.05, 0.1) is 31.5 Å². The highest BCUT2D eigenvalue weighted by Gasteiger charge is 2.30. The molecule has 0 unspecified atom stereocenters. The number of methoxy groups -OCH3 is 1. The summed E-state index contributed by atoms with van der Waals surface area (Å²) in [4.78, 5) is 29.1. The summed E-state index contributed by atoms with van der Waals surface area (Å²) in [6.07, 6.45) is 0.0468. The van der Waals surface area contributed by atoms with Crippen molar-refractivity contribution in [2.24, 2.45) is 10.7 Å². The van der Waals surface area contributed by atoms with Gasteiger partial charge in [-0.3, -0.25) is 19.1 Å². The topological polar surface area (TPSA) is 137 Å². The van der Waals surface area contributed by atoms with E-state index in [2.05, 4.69) is 20.8 Å². The van der Waals surface area contributed by atoms with Crippen LogP contribution in [0, 0.1) is 6.92 Å². The number of aromatic nitrogens is 3. The number of ether oxygens (including phenoxy) is 1. The van der Waals surface area contributed by atoms with Crippen LogP contribution < -0.4 is 21.1 Å². The molecule has 1 aliphatic rings. The SMILES string of the molecule is COc1ccc2c(c1)C(c1ccc(Cl)cc1)=N[C@@H](CC(=O)NCCNC(=O)CN)c1nnc(C)n1-2. The minimum atomic E-state index is -0.598. The van der Waals surface area contributed by atoms with Crippen LogP contribution in [0.5, 0.6) is 5.75 Å². The highest BCUT2D eigenvalue weighted by Crippen LogP contribution is 2.34. The van der Waals surface area contributed by atoms with Crippen molar-refractivity contribution in [1.29, 1.82) is 0 Å². The standard InChI is InChI=1S/C24H26ClN7O3/c1-14-30-31-24-19(12-21(33)27-9-10-28-22(34)13-26)29-23(15-3-5-16(25)6-4-15)18-11-17(35-2)7-8-20(18)32(14)24/h3-8,11,19H,9-10,12-13,26H2,1-2H3,(H,27,33)(H,28,34)/t19-/m0/s1. The first-order valence-corrected chi connectivity index (χ1v) is 11.5. The van der Waals surface area contributed by atoms with E-state index in [0.717, 1.165) is 16.8 Å². The number of carbonyl (C=O) groups is 2. The average molecular weight is 496 g/mol. The molecule has 35 heavy (non-hydrogen) atoms. The fourth-order valence-electron chi connectivity index (χ4n) is 3.90. The smallest absolute Gasteiger partial charge is 0.233 e. The van der Waals surface area contributed by atoms with Gasteiger partial charge in [0.25, 0.3) is 0 Å². The molecule has 11 heteroatoms. The van der Waals surface area contributed by atoms with Crippen LogP contribution in [0.15, 0.2) is 47.5 Å². The largest absolute Gasteiger partial charge is 0.497 e. The maximum absolute atomic E-state index is 12.8. The quantitative estimate of drug-likeness (QED) is 0.407. The van der Waals surface area contributed by atoms with Gasteiger partial charge in [-0.2, -0.15) is 0 Å². The Labute approximate surface area is 207 Å². The Hall–Kier alpha value is -3.76. The summed E-state index contributed by atoms with van der Waals surface area (Å²) in [6, 6.07) is 12.5. The molecule has 1 aliphatic heterocycles. The number of aliphatic imine (C=N–C) groups is 1. The number of hydrogen-bond donors (Lipinski definition) is 3. The van der Waals surface area contributed by atoms with Crippen molar-refractivity contribution in [1.82, 2.24) is 25.4 Å². The zero-order valence-electron chi connectivity index (χ0n) is 19.4. The van der Waals surface area contributed by atoms with Gasteiger partial charge in [0, 0.05) is 29.2 Å². The van der Waals surface area contributed by atoms with Gasteiger partial charge in [-0.05, 0) is 37.3 Å². The molecule has 0 fully saturated rings. The van der Waals surface area contributed by atoms with Gasteiger partial charge < -0.3 is 21.1 Å². The third-order valence-corrected chi connectivity index (χ3v) is 5.84. The van der Waals surface area contributed by atoms with E-state index in [1.54, 1.807) is 19.2 Å². The van der Waals surface area contributed by atoms with Gasteiger partial charge in [-0.1, -0.05) is 23.7 Å². The fraction of sp³-hybridized carbons (Fsp3) is 0.292. The van der Waals surface area contributed by atoms with Gasteiger partial charge in [0.1, 0.15) is 17.6 Å². The predicted octanol–water partition coefficient (Wildman–Crippen LogP) is 1.71. The van der Waals surface area contributed by atoms with Gasteiger partial charge in [0.2, 0.25) is 11.8 Å². The van der Waals surface area contributed by atoms with Crippen LogP contribution >= 0.6 is 11.6 Å². The molecule has 2 heterocycles. The van der Waals surface area contributed by atoms with Gasteiger partial charge in [-0.25, -0.2) is 0 Å². The summed E-state index contributed by atoms with van der Waals surface area (Å²) in [5, 5.41) is 14.7. The Balaban J connectivity index is 1.72. The summed E-state index contributed by atoms with van der Waals surface area (Å²) < 4.78 is 7.39. The van der Waals surface area contributed by atoms with Crippen molar-refractivity contribution in [3.8, 4) is 11.4 Å². The maximum Gasteiger partial charge on any atom is 0.233 e. The highest BCUT2D eigenvalue weighted by atomic mass is 35.5. The summed E-state index contributed by atoms with van der Waals surface area (Å²) >= 11 is 6.13. The van der Waals surface area contributed by atoms with Crippen LogP contribution in [-0.4, -0.2) is 59.0 Å². The summed E-state index contributed by atoms with van der Waals surface area (Å²) in [5.41, 5.74) is 8.47. The molecule has 0 aliphatic carbocycles. The Kier molecular flexibility index (Phi) is 7.42. The number of fused-ring (bicyclic) bond motifs is 3. The molecule has 1 atom stereocenters. The highest BCUT2D eigenvalue weighted by molar-refractivity contribution is 6.30. The van der Waals surface area contributed by atoms with Gasteiger partial charge in [-0.15, -0.1) is 10.2 Å². The molecule has 0 spiro atoms. The predicted molar refractivity (Wildman–Crippen MR) is 132 cm³/mol. The first-order valence-electron chi connectivity index (χ1n) is 11.1. The zero-order valence-corrected chi connectivity index (χ0v) is 20.2. The molecule has 182 valence electrons. The second-order valence-electron chi connectivity index (χ2n) is 7.93. The third kappa shape index (κ3) is 5.33. The Morgan fingerprint density at radius 2 is 1.80 bits per heavy atom. The number of nitrogens with zero attached hydrogens (tertiary/aromatic N) is 4. The summed E-state index contributed by atoms with van der Waals surface area (Å²) in [7, 11) is 1.61. The second-order valence-corrected chi connectivity index (χ2v) is 8.37. The van der Waals surface area contributed by atoms with Crippen LogP contribution in [0.1, 0.15) is 35.2 Å². The normalized spacial score (nSPS) is 14.3. The molecular formula is C24H26ClN7O3. The second kappa shape index (κ2) is 10.7. The van der Waals surface area contributed by atoms with Crippen molar-refractivity contribution < 1.29 is 14.3 Å². The molecule has 2 aromatic carbocycles. The number of nitrogens with one attached hydrogen (secondary N) is 2. The fourth-order valence-corrected chi connectivity index (χ4v) is 4.03. The molecule has 0 bridgehead atoms. The summed E-state index contributed by atoms with van der Waals surface area (Å²) in [5.74, 6) is 1.40. The average Bonchev–Trinajstić information content (AvgIpc) is 3.19. The lowest BCUT2D eigenvalue weighted by Gasteiger charge is -2.14. The molecule has 0 saturated carbocycles. The first kappa shape index (κ1) is 24.4. The summed E-state index contributed by atoms with van der Waals surface area (Å²) in [6.45, 7) is 2.31. The van der Waals surface area contributed by atoms with Crippen molar-refractivity contribution in [3.05, 3.63) is 70.3 Å². The first-order chi connectivity index (χ1) is 16.9. The van der Waals surface area contributed by atoms with Gasteiger partial charge in [0.15, 0.2) is 5.82 Å². The van der Waals surface area contributed by atoms with Crippen molar-refractivity contribution in [2.75, 3.05) is 26.7 Å². The lowest BCUT2D eigenvalue weighted by Crippen LogP contribution is -2.37. The molecule has 10 nitrogen and oxygen atoms in total. The number of benzene rings is 2. The number of rotatable bonds is 8. The Morgan fingerprint density at radius 3 is 2.49 bits per heavy atom. The van der Waals surface area contributed by atoms with Crippen molar-refractivity contribution in [2.45, 2.75) is 19.4 Å². The van der Waals surface area contributed by atoms with E-state index in [1.807, 2.05) is 41.8 Å². The van der Waals surface area contributed by atoms with Crippen LogP contribution in [0.4, 0.5) is 0 Å². The molecule has 4 rings (SSSR count). The monoisotopic (exact) mass is 495 g/mol. The lowest BCUT2D eigenvalue weighted by molar-refractivity contribution is -0.122. The Morgan fingerprint density at radius 1 is 1.09 bits per heavy atom. The van der Waals surface area contributed by atoms with E-state index in [4.69, 9.17) is 27.1 Å². The molecule has 0 radical (unpaired) electrons. The molecule has 2 amide bonds.